The third kappa shape index (κ3) is 6.93. The zero-order valence-corrected chi connectivity index (χ0v) is 33.9. The molecule has 2 heterocycles. The first kappa shape index (κ1) is 37.3. The number of likely N-dealkylation sites (N-methyl/N-ethyl adjacent to an activating group) is 2. The third-order valence-electron chi connectivity index (χ3n) is 11.7. The third-order valence-corrected chi connectivity index (χ3v) is 11.7. The number of para-hydroxylation sites is 6. The Balaban J connectivity index is 0.000000161. The molecule has 0 bridgehead atoms. The van der Waals surface area contributed by atoms with Crippen LogP contribution in [0.1, 0.15) is 22.9 Å². The van der Waals surface area contributed by atoms with Crippen LogP contribution >= 0.6 is 0 Å². The second kappa shape index (κ2) is 15.8. The van der Waals surface area contributed by atoms with E-state index in [2.05, 4.69) is 260 Å². The Morgan fingerprint density at radius 3 is 1.26 bits per heavy atom. The summed E-state index contributed by atoms with van der Waals surface area (Å²) in [6, 6.07) is 67.0. The maximum Gasteiger partial charge on any atom is 0.143 e. The molecule has 0 atom stereocenters. The van der Waals surface area contributed by atoms with Gasteiger partial charge in [-0.1, -0.05) is 115 Å². The van der Waals surface area contributed by atoms with Crippen LogP contribution < -0.4 is 29.4 Å². The van der Waals surface area contributed by atoms with Gasteiger partial charge in [0.2, 0.25) is 0 Å². The van der Waals surface area contributed by atoms with Crippen LogP contribution in [-0.2, 0) is 12.1 Å². The van der Waals surface area contributed by atoms with E-state index in [9.17, 15) is 0 Å². The van der Waals surface area contributed by atoms with Gasteiger partial charge < -0.3 is 29.4 Å². The highest BCUT2D eigenvalue weighted by atomic mass is 15.4. The predicted molar refractivity (Wildman–Crippen MR) is 243 cm³/mol. The Bertz CT molecular complexity index is 2280. The van der Waals surface area contributed by atoms with Crippen LogP contribution in [-0.4, -0.2) is 42.3 Å². The summed E-state index contributed by atoms with van der Waals surface area (Å²) >= 11 is 0. The average Bonchev–Trinajstić information content (AvgIpc) is 3.64. The molecule has 0 saturated heterocycles. The van der Waals surface area contributed by atoms with Gasteiger partial charge >= 0.3 is 0 Å². The number of anilines is 8. The molecule has 0 spiro atoms. The molecular formula is C51H52N6. The Morgan fingerprint density at radius 2 is 0.807 bits per heavy atom. The highest BCUT2D eigenvalue weighted by Crippen LogP contribution is 2.50. The summed E-state index contributed by atoms with van der Waals surface area (Å²) in [7, 11) is 12.9. The summed E-state index contributed by atoms with van der Waals surface area (Å²) in [5, 5.41) is 0. The van der Waals surface area contributed by atoms with E-state index in [0.717, 1.165) is 23.5 Å². The van der Waals surface area contributed by atoms with Crippen molar-refractivity contribution in [1.29, 1.82) is 0 Å². The van der Waals surface area contributed by atoms with Gasteiger partial charge in [-0.15, -0.1) is 0 Å². The predicted octanol–water partition coefficient (Wildman–Crippen LogP) is 11.5. The van der Waals surface area contributed by atoms with Crippen LogP contribution in [0, 0.1) is 0 Å². The van der Waals surface area contributed by atoms with Crippen LogP contribution in [0.4, 0.5) is 45.5 Å². The van der Waals surface area contributed by atoms with E-state index in [1.807, 2.05) is 0 Å². The summed E-state index contributed by atoms with van der Waals surface area (Å²) in [6.45, 7) is 0. The molecule has 6 nitrogen and oxygen atoms in total. The van der Waals surface area contributed by atoms with Crippen LogP contribution in [0.25, 0.3) is 0 Å². The van der Waals surface area contributed by atoms with Crippen molar-refractivity contribution < 1.29 is 0 Å². The molecule has 2 aliphatic rings. The quantitative estimate of drug-likeness (QED) is 0.153. The molecule has 0 aliphatic carbocycles. The molecule has 0 fully saturated rings. The summed E-state index contributed by atoms with van der Waals surface area (Å²) < 4.78 is 0. The number of hydrogen-bond acceptors (Lipinski definition) is 6. The lowest BCUT2D eigenvalue weighted by Gasteiger charge is -2.44. The highest BCUT2D eigenvalue weighted by molar-refractivity contribution is 5.81. The molecule has 0 saturated carbocycles. The largest absolute Gasteiger partial charge is 0.378 e. The lowest BCUT2D eigenvalue weighted by Crippen LogP contribution is -2.53. The standard InChI is InChI=1S/C27H25N3.C24H27N3/c1-28-25-15-9-10-16-26(25)29(2)27(28)21-17-19-24(20-18-21)30(22-11-5-3-6-12-22)23-13-7-4-8-14-23;1-25(2)21-16-14-20(15-17-21)24(18-19-10-6-5-7-11-19)26(3)22-12-8-9-13-23(22)27(24)4/h3-20,27H,1-2H3;5-17H,18H2,1-4H3. The number of benzene rings is 7. The smallest absolute Gasteiger partial charge is 0.143 e. The van der Waals surface area contributed by atoms with Gasteiger partial charge in [0, 0.05) is 71.5 Å². The number of hydrogen-bond donors (Lipinski definition) is 0. The van der Waals surface area contributed by atoms with E-state index in [1.54, 1.807) is 0 Å². The second-order valence-electron chi connectivity index (χ2n) is 15.2. The maximum absolute atomic E-state index is 2.43. The second-order valence-corrected chi connectivity index (χ2v) is 15.2. The van der Waals surface area contributed by atoms with E-state index in [1.165, 1.54) is 45.1 Å². The zero-order chi connectivity index (χ0) is 39.5. The Morgan fingerprint density at radius 1 is 0.421 bits per heavy atom. The van der Waals surface area contributed by atoms with Gasteiger partial charge in [0.1, 0.15) is 11.8 Å². The minimum atomic E-state index is -0.254. The Hall–Kier alpha value is -6.66. The van der Waals surface area contributed by atoms with E-state index in [4.69, 9.17) is 0 Å². The number of rotatable bonds is 8. The summed E-state index contributed by atoms with van der Waals surface area (Å²) in [5.41, 5.74) is 13.4. The van der Waals surface area contributed by atoms with Gasteiger partial charge in [-0.2, -0.15) is 0 Å². The van der Waals surface area contributed by atoms with Crippen LogP contribution in [0.2, 0.25) is 0 Å². The SMILES string of the molecule is CN(C)c1ccc(C2(Cc3ccccc3)N(C)c3ccccc3N2C)cc1.CN1c2ccccc2N(C)C1c1ccc(N(c2ccccc2)c2ccccc2)cc1. The van der Waals surface area contributed by atoms with E-state index in [0.29, 0.717) is 0 Å². The van der Waals surface area contributed by atoms with Crippen LogP contribution in [0.3, 0.4) is 0 Å². The van der Waals surface area contributed by atoms with Gasteiger partial charge in [0.25, 0.3) is 0 Å². The van der Waals surface area contributed by atoms with Gasteiger partial charge in [0.05, 0.1) is 22.7 Å². The van der Waals surface area contributed by atoms with Gasteiger partial charge in [-0.3, -0.25) is 0 Å². The van der Waals surface area contributed by atoms with Crippen molar-refractivity contribution in [2.45, 2.75) is 18.2 Å². The normalized spacial score (nSPS) is 14.1. The Kier molecular flexibility index (Phi) is 10.4. The number of fused-ring (bicyclic) bond motifs is 2. The fraction of sp³-hybridized carbons (Fsp3) is 0.176. The lowest BCUT2D eigenvalue weighted by atomic mass is 9.89. The highest BCUT2D eigenvalue weighted by Gasteiger charge is 2.47. The molecule has 7 aromatic rings. The van der Waals surface area contributed by atoms with Gasteiger partial charge in [-0.25, -0.2) is 0 Å². The summed E-state index contributed by atoms with van der Waals surface area (Å²) in [5.74, 6) is 0. The molecule has 0 amide bonds. The fourth-order valence-electron chi connectivity index (χ4n) is 8.72. The molecule has 0 unspecified atom stereocenters. The minimum absolute atomic E-state index is 0.193. The molecular weight excluding hydrogens is 697 g/mol. The monoisotopic (exact) mass is 748 g/mol. The molecule has 7 aromatic carbocycles. The molecule has 0 aromatic heterocycles. The molecule has 57 heavy (non-hydrogen) atoms. The average molecular weight is 749 g/mol. The van der Waals surface area contributed by atoms with Gasteiger partial charge in [0.15, 0.2) is 0 Å². The Labute approximate surface area is 339 Å². The molecule has 2 aliphatic heterocycles. The zero-order valence-electron chi connectivity index (χ0n) is 33.9. The van der Waals surface area contributed by atoms with Crippen LogP contribution in [0.5, 0.6) is 0 Å². The van der Waals surface area contributed by atoms with Crippen molar-refractivity contribution in [3.63, 3.8) is 0 Å². The molecule has 0 radical (unpaired) electrons. The van der Waals surface area contributed by atoms with Crippen molar-refractivity contribution in [3.8, 4) is 0 Å². The minimum Gasteiger partial charge on any atom is -0.378 e. The lowest BCUT2D eigenvalue weighted by molar-refractivity contribution is 0.430. The first-order chi connectivity index (χ1) is 27.8. The van der Waals surface area contributed by atoms with Crippen molar-refractivity contribution in [2.75, 3.05) is 71.7 Å². The van der Waals surface area contributed by atoms with Crippen molar-refractivity contribution in [1.82, 2.24) is 0 Å². The fourth-order valence-corrected chi connectivity index (χ4v) is 8.72. The first-order valence-corrected chi connectivity index (χ1v) is 19.7. The van der Waals surface area contributed by atoms with E-state index in [-0.39, 0.29) is 11.8 Å². The molecule has 0 N–H and O–H groups in total. The van der Waals surface area contributed by atoms with E-state index < -0.39 is 0 Å². The molecule has 6 heteroatoms. The number of nitrogens with zero attached hydrogens (tertiary/aromatic N) is 6. The topological polar surface area (TPSA) is 19.4 Å². The van der Waals surface area contributed by atoms with Crippen molar-refractivity contribution in [3.05, 3.63) is 205 Å². The van der Waals surface area contributed by atoms with Gasteiger partial charge in [-0.05, 0) is 89.5 Å². The first-order valence-electron chi connectivity index (χ1n) is 19.7. The van der Waals surface area contributed by atoms with Crippen LogP contribution in [0.15, 0.2) is 188 Å². The molecule has 286 valence electrons. The summed E-state index contributed by atoms with van der Waals surface area (Å²) in [4.78, 5) is 14.0. The van der Waals surface area contributed by atoms with E-state index >= 15 is 0 Å². The van der Waals surface area contributed by atoms with Crippen molar-refractivity contribution >= 4 is 45.5 Å². The maximum atomic E-state index is 2.43. The summed E-state index contributed by atoms with van der Waals surface area (Å²) in [6.07, 6.45) is 1.11. The molecule has 9 rings (SSSR count). The van der Waals surface area contributed by atoms with Crippen molar-refractivity contribution in [2.24, 2.45) is 0 Å².